The molecule has 25 heavy (non-hydrogen) atoms. The van der Waals surface area contributed by atoms with Crippen LogP contribution in [0, 0.1) is 0 Å². The number of halogens is 1. The third-order valence-electron chi connectivity index (χ3n) is 3.83. The molecule has 0 saturated heterocycles. The highest BCUT2D eigenvalue weighted by atomic mass is 35.5. The summed E-state index contributed by atoms with van der Waals surface area (Å²) < 4.78 is 10.5. The number of fused-ring (bicyclic) bond motifs is 1. The lowest BCUT2D eigenvalue weighted by Gasteiger charge is -2.10. The minimum absolute atomic E-state index is 0.0697. The maximum atomic E-state index is 12.2. The van der Waals surface area contributed by atoms with Crippen molar-refractivity contribution in [3.05, 3.63) is 47.2 Å². The van der Waals surface area contributed by atoms with Crippen molar-refractivity contribution in [2.24, 2.45) is 0 Å². The zero-order valence-electron chi connectivity index (χ0n) is 13.9. The van der Waals surface area contributed by atoms with E-state index in [2.05, 4.69) is 15.3 Å². The van der Waals surface area contributed by atoms with Crippen molar-refractivity contribution in [2.45, 2.75) is 12.8 Å². The molecule has 7 heteroatoms. The molecule has 1 amide bonds. The van der Waals surface area contributed by atoms with Crippen molar-refractivity contribution in [3.8, 4) is 11.5 Å². The van der Waals surface area contributed by atoms with Crippen LogP contribution in [0.2, 0.25) is 5.28 Å². The molecule has 0 unspecified atom stereocenters. The first-order chi connectivity index (χ1) is 12.1. The van der Waals surface area contributed by atoms with Crippen molar-refractivity contribution >= 4 is 34.2 Å². The van der Waals surface area contributed by atoms with Gasteiger partial charge in [-0.25, -0.2) is 4.98 Å². The van der Waals surface area contributed by atoms with E-state index >= 15 is 0 Å². The number of benzene rings is 2. The number of aryl methyl sites for hydroxylation is 1. The molecule has 1 aromatic heterocycles. The summed E-state index contributed by atoms with van der Waals surface area (Å²) in [5.74, 6) is 1.25. The van der Waals surface area contributed by atoms with Gasteiger partial charge in [0.1, 0.15) is 0 Å². The predicted octanol–water partition coefficient (Wildman–Crippen LogP) is 3.80. The lowest BCUT2D eigenvalue weighted by atomic mass is 10.1. The number of imidazole rings is 1. The van der Waals surface area contributed by atoms with Crippen molar-refractivity contribution in [1.29, 1.82) is 0 Å². The average Bonchev–Trinajstić information content (AvgIpc) is 2.99. The fourth-order valence-electron chi connectivity index (χ4n) is 2.57. The smallest absolute Gasteiger partial charge is 0.224 e. The Morgan fingerprint density at radius 2 is 1.96 bits per heavy atom. The largest absolute Gasteiger partial charge is 0.493 e. The van der Waals surface area contributed by atoms with Crippen LogP contribution in [0.1, 0.15) is 12.0 Å². The molecule has 0 aliphatic rings. The second kappa shape index (κ2) is 7.44. The Morgan fingerprint density at radius 1 is 1.16 bits per heavy atom. The van der Waals surface area contributed by atoms with E-state index in [9.17, 15) is 4.79 Å². The molecular weight excluding hydrogens is 342 g/mol. The SMILES string of the molecule is COc1ccc(CCC(=O)Nc2ccc3nc(Cl)[nH]c3c2)cc1OC. The number of carbonyl (C=O) groups is 1. The predicted molar refractivity (Wildman–Crippen MR) is 97.6 cm³/mol. The molecule has 2 N–H and O–H groups in total. The summed E-state index contributed by atoms with van der Waals surface area (Å²) in [6, 6.07) is 11.1. The van der Waals surface area contributed by atoms with Crippen molar-refractivity contribution in [2.75, 3.05) is 19.5 Å². The van der Waals surface area contributed by atoms with E-state index in [-0.39, 0.29) is 5.91 Å². The zero-order valence-corrected chi connectivity index (χ0v) is 14.7. The number of anilines is 1. The number of nitrogens with zero attached hydrogens (tertiary/aromatic N) is 1. The van der Waals surface area contributed by atoms with Crippen molar-refractivity contribution in [3.63, 3.8) is 0 Å². The van der Waals surface area contributed by atoms with E-state index in [0.29, 0.717) is 35.3 Å². The third-order valence-corrected chi connectivity index (χ3v) is 4.00. The van der Waals surface area contributed by atoms with Crippen LogP contribution in [0.3, 0.4) is 0 Å². The Hall–Kier alpha value is -2.73. The topological polar surface area (TPSA) is 76.2 Å². The van der Waals surface area contributed by atoms with Gasteiger partial charge in [-0.05, 0) is 53.9 Å². The lowest BCUT2D eigenvalue weighted by Crippen LogP contribution is -2.12. The monoisotopic (exact) mass is 359 g/mol. The summed E-state index contributed by atoms with van der Waals surface area (Å²) in [6.07, 6.45) is 0.960. The number of aromatic nitrogens is 2. The fourth-order valence-corrected chi connectivity index (χ4v) is 2.77. The van der Waals surface area contributed by atoms with Crippen LogP contribution in [-0.4, -0.2) is 30.1 Å². The van der Waals surface area contributed by atoms with Gasteiger partial charge in [0.15, 0.2) is 11.5 Å². The number of ether oxygens (including phenoxy) is 2. The third kappa shape index (κ3) is 4.03. The first-order valence-electron chi connectivity index (χ1n) is 7.75. The molecule has 2 aromatic carbocycles. The Morgan fingerprint density at radius 3 is 2.72 bits per heavy atom. The van der Waals surface area contributed by atoms with Gasteiger partial charge in [0.05, 0.1) is 25.3 Å². The second-order valence-electron chi connectivity index (χ2n) is 5.50. The molecule has 3 rings (SSSR count). The van der Waals surface area contributed by atoms with Crippen molar-refractivity contribution < 1.29 is 14.3 Å². The standard InChI is InChI=1S/C18H18ClN3O3/c1-24-15-7-3-11(9-16(15)25-2)4-8-17(23)20-12-5-6-13-14(10-12)22-18(19)21-13/h3,5-7,9-10H,4,8H2,1-2H3,(H,20,23)(H,21,22). The van der Waals surface area contributed by atoms with Gasteiger partial charge in [-0.1, -0.05) is 6.07 Å². The molecule has 0 aliphatic carbocycles. The van der Waals surface area contributed by atoms with E-state index < -0.39 is 0 Å². The highest BCUT2D eigenvalue weighted by molar-refractivity contribution is 6.29. The van der Waals surface area contributed by atoms with Crippen LogP contribution in [0.15, 0.2) is 36.4 Å². The molecule has 130 valence electrons. The quantitative estimate of drug-likeness (QED) is 0.701. The van der Waals surface area contributed by atoms with E-state index in [1.165, 1.54) is 0 Å². The van der Waals surface area contributed by atoms with Crippen LogP contribution < -0.4 is 14.8 Å². The normalized spacial score (nSPS) is 10.7. The number of methoxy groups -OCH3 is 2. The Bertz CT molecular complexity index is 908. The molecule has 0 fully saturated rings. The molecule has 0 atom stereocenters. The maximum absolute atomic E-state index is 12.2. The highest BCUT2D eigenvalue weighted by Gasteiger charge is 2.08. The zero-order chi connectivity index (χ0) is 17.8. The number of H-pyrrole nitrogens is 1. The number of nitrogens with one attached hydrogen (secondary N) is 2. The number of amides is 1. The van der Waals surface area contributed by atoms with Crippen molar-refractivity contribution in [1.82, 2.24) is 9.97 Å². The summed E-state index contributed by atoms with van der Waals surface area (Å²) in [6.45, 7) is 0. The van der Waals surface area contributed by atoms with Gasteiger partial charge in [0, 0.05) is 12.1 Å². The van der Waals surface area contributed by atoms with E-state index in [1.54, 1.807) is 20.3 Å². The van der Waals surface area contributed by atoms with Gasteiger partial charge in [-0.2, -0.15) is 0 Å². The fraction of sp³-hybridized carbons (Fsp3) is 0.222. The maximum Gasteiger partial charge on any atom is 0.224 e. The molecule has 1 heterocycles. The molecule has 0 saturated carbocycles. The summed E-state index contributed by atoms with van der Waals surface area (Å²) in [5.41, 5.74) is 3.24. The molecular formula is C18H18ClN3O3. The first kappa shape index (κ1) is 17.1. The number of hydrogen-bond acceptors (Lipinski definition) is 4. The Labute approximate surface area is 150 Å². The summed E-state index contributed by atoms with van der Waals surface area (Å²) >= 11 is 5.83. The number of carbonyl (C=O) groups excluding carboxylic acids is 1. The number of rotatable bonds is 6. The van der Waals surface area contributed by atoms with Gasteiger partial charge in [-0.15, -0.1) is 0 Å². The lowest BCUT2D eigenvalue weighted by molar-refractivity contribution is -0.116. The van der Waals surface area contributed by atoms with Crippen LogP contribution in [0.4, 0.5) is 5.69 Å². The van der Waals surface area contributed by atoms with Gasteiger partial charge >= 0.3 is 0 Å². The number of aromatic amines is 1. The van der Waals surface area contributed by atoms with E-state index in [4.69, 9.17) is 21.1 Å². The summed E-state index contributed by atoms with van der Waals surface area (Å²) in [7, 11) is 3.18. The van der Waals surface area contributed by atoms with Gasteiger partial charge in [-0.3, -0.25) is 4.79 Å². The average molecular weight is 360 g/mol. The molecule has 3 aromatic rings. The first-order valence-corrected chi connectivity index (χ1v) is 8.13. The molecule has 6 nitrogen and oxygen atoms in total. The summed E-state index contributed by atoms with van der Waals surface area (Å²) in [4.78, 5) is 19.2. The second-order valence-corrected chi connectivity index (χ2v) is 5.86. The minimum Gasteiger partial charge on any atom is -0.493 e. The van der Waals surface area contributed by atoms with Crippen LogP contribution in [0.5, 0.6) is 11.5 Å². The van der Waals surface area contributed by atoms with Gasteiger partial charge < -0.3 is 19.8 Å². The molecule has 0 spiro atoms. The molecule has 0 aliphatic heterocycles. The molecule has 0 radical (unpaired) electrons. The Kier molecular flexibility index (Phi) is 5.09. The summed E-state index contributed by atoms with van der Waals surface area (Å²) in [5, 5.41) is 3.20. The van der Waals surface area contributed by atoms with E-state index in [1.807, 2.05) is 30.3 Å². The highest BCUT2D eigenvalue weighted by Crippen LogP contribution is 2.28. The Balaban J connectivity index is 1.62. The molecule has 0 bridgehead atoms. The number of hydrogen-bond donors (Lipinski definition) is 2. The minimum atomic E-state index is -0.0697. The van der Waals surface area contributed by atoms with Crippen LogP contribution >= 0.6 is 11.6 Å². The van der Waals surface area contributed by atoms with Crippen LogP contribution in [0.25, 0.3) is 11.0 Å². The van der Waals surface area contributed by atoms with E-state index in [0.717, 1.165) is 16.6 Å². The van der Waals surface area contributed by atoms with Gasteiger partial charge in [0.25, 0.3) is 0 Å². The van der Waals surface area contributed by atoms with Gasteiger partial charge in [0.2, 0.25) is 11.2 Å². The van der Waals surface area contributed by atoms with Crippen LogP contribution in [-0.2, 0) is 11.2 Å².